The van der Waals surface area contributed by atoms with Crippen molar-refractivity contribution in [3.63, 3.8) is 0 Å². The Morgan fingerprint density at radius 3 is 2.77 bits per heavy atom. The summed E-state index contributed by atoms with van der Waals surface area (Å²) < 4.78 is 5.06. The summed E-state index contributed by atoms with van der Waals surface area (Å²) in [5.74, 6) is -0.0893. The number of amides is 1. The molecule has 1 aliphatic heterocycles. The third-order valence-electron chi connectivity index (χ3n) is 4.69. The number of esters is 1. The van der Waals surface area contributed by atoms with Gasteiger partial charge in [0, 0.05) is 13.0 Å². The van der Waals surface area contributed by atoms with Gasteiger partial charge in [-0.3, -0.25) is 9.80 Å². The van der Waals surface area contributed by atoms with Gasteiger partial charge >= 0.3 is 5.97 Å². The molecule has 2 atom stereocenters. The number of carbonyl (C=O) groups excluding carboxylic acids is 2. The van der Waals surface area contributed by atoms with Crippen LogP contribution in [0.3, 0.4) is 0 Å². The van der Waals surface area contributed by atoms with Crippen molar-refractivity contribution in [3.8, 4) is 0 Å². The molecule has 1 heterocycles. The van der Waals surface area contributed by atoms with Crippen molar-refractivity contribution in [2.45, 2.75) is 38.6 Å². The first kappa shape index (κ1) is 18.2. The number of benzene rings is 1. The van der Waals surface area contributed by atoms with E-state index in [0.29, 0.717) is 12.5 Å². The lowest BCUT2D eigenvalue weighted by Crippen LogP contribution is -2.44. The lowest BCUT2D eigenvalue weighted by Gasteiger charge is -2.24. The van der Waals surface area contributed by atoms with Crippen LogP contribution in [0.25, 0.3) is 0 Å². The minimum atomic E-state index is -0.532. The molecule has 6 heteroatoms. The third kappa shape index (κ3) is 4.31. The highest BCUT2D eigenvalue weighted by Gasteiger charge is 2.36. The van der Waals surface area contributed by atoms with Gasteiger partial charge in [0.2, 0.25) is 5.91 Å². The van der Waals surface area contributed by atoms with E-state index in [0.717, 1.165) is 24.9 Å². The van der Waals surface area contributed by atoms with Gasteiger partial charge in [0.1, 0.15) is 11.8 Å². The monoisotopic (exact) mass is 355 g/mol. The van der Waals surface area contributed by atoms with Crippen molar-refractivity contribution in [3.05, 3.63) is 42.5 Å². The molecule has 1 aliphatic carbocycles. The second kappa shape index (κ2) is 8.65. The summed E-state index contributed by atoms with van der Waals surface area (Å²) in [7, 11) is 0. The van der Waals surface area contributed by atoms with Gasteiger partial charge in [0.25, 0.3) is 0 Å². The number of hydrazone groups is 1. The number of para-hydroxylation sites is 1. The van der Waals surface area contributed by atoms with Crippen molar-refractivity contribution in [2.24, 2.45) is 11.0 Å². The average molecular weight is 355 g/mol. The van der Waals surface area contributed by atoms with Gasteiger partial charge in [-0.25, -0.2) is 4.79 Å². The minimum Gasteiger partial charge on any atom is -0.461 e. The molecule has 0 saturated carbocycles. The number of hydrogen-bond acceptors (Lipinski definition) is 5. The van der Waals surface area contributed by atoms with E-state index in [2.05, 4.69) is 22.6 Å². The summed E-state index contributed by atoms with van der Waals surface area (Å²) in [5.41, 5.74) is 1.07. The molecule has 2 unspecified atom stereocenters. The van der Waals surface area contributed by atoms with Crippen molar-refractivity contribution in [1.29, 1.82) is 0 Å². The Morgan fingerprint density at radius 2 is 2.08 bits per heavy atom. The molecule has 1 aromatic rings. The van der Waals surface area contributed by atoms with E-state index >= 15 is 0 Å². The van der Waals surface area contributed by atoms with Crippen LogP contribution in [-0.2, 0) is 14.3 Å². The standard InChI is InChI=1S/C20H25N3O3/c1-2-26-20(25)17-13-18(23(22-17)16-11-7-4-8-12-16)19(24)21-14-15-9-5-3-6-10-15/h3-5,7-8,11-12,15,18H,2,6,9-10,13-14H2,1H3,(H,21,24). The number of hydrogen-bond donors (Lipinski definition) is 1. The lowest BCUT2D eigenvalue weighted by atomic mass is 9.94. The topological polar surface area (TPSA) is 71.0 Å². The number of anilines is 1. The van der Waals surface area contributed by atoms with Gasteiger partial charge in [-0.2, -0.15) is 5.10 Å². The molecule has 1 amide bonds. The highest BCUT2D eigenvalue weighted by molar-refractivity contribution is 6.38. The molecule has 1 aromatic carbocycles. The van der Waals surface area contributed by atoms with E-state index in [9.17, 15) is 9.59 Å². The molecule has 3 rings (SSSR count). The van der Waals surface area contributed by atoms with E-state index in [1.54, 1.807) is 11.9 Å². The summed E-state index contributed by atoms with van der Waals surface area (Å²) in [6, 6.07) is 8.90. The Kier molecular flexibility index (Phi) is 6.04. The molecule has 0 spiro atoms. The third-order valence-corrected chi connectivity index (χ3v) is 4.69. The largest absolute Gasteiger partial charge is 0.461 e. The summed E-state index contributed by atoms with van der Waals surface area (Å²) in [4.78, 5) is 24.9. The summed E-state index contributed by atoms with van der Waals surface area (Å²) in [5, 5.41) is 9.05. The highest BCUT2D eigenvalue weighted by atomic mass is 16.5. The zero-order chi connectivity index (χ0) is 18.4. The molecule has 0 saturated heterocycles. The minimum absolute atomic E-state index is 0.105. The highest BCUT2D eigenvalue weighted by Crippen LogP contribution is 2.25. The first-order valence-electron chi connectivity index (χ1n) is 9.20. The van der Waals surface area contributed by atoms with Gasteiger partial charge in [-0.05, 0) is 44.2 Å². The molecule has 2 aliphatic rings. The van der Waals surface area contributed by atoms with E-state index in [1.807, 2.05) is 30.3 Å². The quantitative estimate of drug-likeness (QED) is 0.629. The smallest absolute Gasteiger partial charge is 0.354 e. The fraction of sp³-hybridized carbons (Fsp3) is 0.450. The van der Waals surface area contributed by atoms with E-state index in [-0.39, 0.29) is 24.6 Å². The molecule has 0 fully saturated rings. The Labute approximate surface area is 153 Å². The summed E-state index contributed by atoms with van der Waals surface area (Å²) >= 11 is 0. The van der Waals surface area contributed by atoms with Gasteiger partial charge < -0.3 is 10.1 Å². The van der Waals surface area contributed by atoms with Crippen LogP contribution in [-0.4, -0.2) is 36.8 Å². The Balaban J connectivity index is 1.70. The Morgan fingerprint density at radius 1 is 1.27 bits per heavy atom. The van der Waals surface area contributed by atoms with Crippen molar-refractivity contribution in [1.82, 2.24) is 5.32 Å². The molecule has 1 N–H and O–H groups in total. The average Bonchev–Trinajstić information content (AvgIpc) is 3.13. The number of rotatable bonds is 6. The number of ether oxygens (including phenoxy) is 1. The predicted molar refractivity (Wildman–Crippen MR) is 101 cm³/mol. The fourth-order valence-corrected chi connectivity index (χ4v) is 3.28. The molecule has 138 valence electrons. The van der Waals surface area contributed by atoms with Crippen LogP contribution in [0.15, 0.2) is 47.6 Å². The van der Waals surface area contributed by atoms with Gasteiger partial charge in [-0.15, -0.1) is 0 Å². The second-order valence-corrected chi connectivity index (χ2v) is 6.56. The molecular weight excluding hydrogens is 330 g/mol. The van der Waals surface area contributed by atoms with Crippen molar-refractivity contribution < 1.29 is 14.3 Å². The SMILES string of the molecule is CCOC(=O)C1=NN(c2ccccc2)C(C(=O)NCC2CC=CCC2)C1. The van der Waals surface area contributed by atoms with Gasteiger partial charge in [-0.1, -0.05) is 30.4 Å². The number of nitrogens with one attached hydrogen (secondary N) is 1. The van der Waals surface area contributed by atoms with E-state index in [1.165, 1.54) is 0 Å². The van der Waals surface area contributed by atoms with Crippen LogP contribution >= 0.6 is 0 Å². The number of carbonyl (C=O) groups is 2. The first-order valence-corrected chi connectivity index (χ1v) is 9.20. The molecule has 0 radical (unpaired) electrons. The van der Waals surface area contributed by atoms with Crippen LogP contribution in [0.4, 0.5) is 5.69 Å². The zero-order valence-electron chi connectivity index (χ0n) is 15.1. The number of allylic oxidation sites excluding steroid dienone is 2. The van der Waals surface area contributed by atoms with Crippen LogP contribution in [0.5, 0.6) is 0 Å². The second-order valence-electron chi connectivity index (χ2n) is 6.56. The zero-order valence-corrected chi connectivity index (χ0v) is 15.1. The van der Waals surface area contributed by atoms with Crippen LogP contribution in [0, 0.1) is 5.92 Å². The molecule has 0 bridgehead atoms. The maximum Gasteiger partial charge on any atom is 0.354 e. The van der Waals surface area contributed by atoms with Gasteiger partial charge in [0.15, 0.2) is 0 Å². The van der Waals surface area contributed by atoms with E-state index < -0.39 is 12.0 Å². The normalized spacial score (nSPS) is 22.0. The molecule has 6 nitrogen and oxygen atoms in total. The van der Waals surface area contributed by atoms with Crippen molar-refractivity contribution >= 4 is 23.3 Å². The maximum absolute atomic E-state index is 12.8. The van der Waals surface area contributed by atoms with E-state index in [4.69, 9.17) is 4.74 Å². The molecule has 26 heavy (non-hydrogen) atoms. The number of nitrogens with zero attached hydrogens (tertiary/aromatic N) is 2. The van der Waals surface area contributed by atoms with Crippen LogP contribution in [0.1, 0.15) is 32.6 Å². The first-order chi connectivity index (χ1) is 12.7. The predicted octanol–water partition coefficient (Wildman–Crippen LogP) is 2.66. The lowest BCUT2D eigenvalue weighted by molar-refractivity contribution is -0.135. The molecular formula is C20H25N3O3. The van der Waals surface area contributed by atoms with Crippen molar-refractivity contribution in [2.75, 3.05) is 18.2 Å². The Hall–Kier alpha value is -2.63. The fourth-order valence-electron chi connectivity index (χ4n) is 3.28. The Bertz CT molecular complexity index is 700. The summed E-state index contributed by atoms with van der Waals surface area (Å²) in [6.45, 7) is 2.69. The maximum atomic E-state index is 12.8. The van der Waals surface area contributed by atoms with Gasteiger partial charge in [0.05, 0.1) is 12.3 Å². The van der Waals surface area contributed by atoms with Crippen LogP contribution < -0.4 is 10.3 Å². The molecule has 0 aromatic heterocycles. The van der Waals surface area contributed by atoms with Crippen LogP contribution in [0.2, 0.25) is 0 Å². The summed E-state index contributed by atoms with van der Waals surface area (Å²) in [6.07, 6.45) is 7.77.